The first-order valence-corrected chi connectivity index (χ1v) is 18.6. The molecule has 0 aromatic heterocycles. The van der Waals surface area contributed by atoms with Gasteiger partial charge in [0.2, 0.25) is 0 Å². The standard InChI is InChI=1S/C27H58N6Si2/c1-6-27(2)34-25-11-9-7-8-10-12-26-35(31-19-13-28(3)14-20-31,32-21-15-29(4)16-22-32)33-23-17-30(5)18-24-33/h6H,7-26,34H2,1-5H3. The van der Waals surface area contributed by atoms with E-state index in [9.17, 15) is 0 Å². The van der Waals surface area contributed by atoms with Crippen LogP contribution >= 0.6 is 0 Å². The highest BCUT2D eigenvalue weighted by Crippen LogP contribution is 2.31. The Balaban J connectivity index is 1.61. The van der Waals surface area contributed by atoms with E-state index < -0.39 is 8.56 Å². The molecular formula is C27H58N6Si2. The molecule has 6 nitrogen and oxygen atoms in total. The normalized spacial score (nSPS) is 24.2. The van der Waals surface area contributed by atoms with Crippen LogP contribution in [0, 0.1) is 0 Å². The van der Waals surface area contributed by atoms with Crippen molar-refractivity contribution in [1.82, 2.24) is 28.4 Å². The van der Waals surface area contributed by atoms with Gasteiger partial charge in [-0.05, 0) is 41.0 Å². The lowest BCUT2D eigenvalue weighted by Gasteiger charge is -2.58. The summed E-state index contributed by atoms with van der Waals surface area (Å²) in [5.74, 6) is 0. The van der Waals surface area contributed by atoms with Crippen LogP contribution in [0.15, 0.2) is 11.3 Å². The molecule has 0 atom stereocenters. The minimum absolute atomic E-state index is 0.0667. The van der Waals surface area contributed by atoms with E-state index in [1.54, 1.807) is 5.20 Å². The first-order valence-electron chi connectivity index (χ1n) is 14.9. The van der Waals surface area contributed by atoms with Gasteiger partial charge in [0, 0.05) is 88.1 Å². The maximum Gasteiger partial charge on any atom is 0.289 e. The van der Waals surface area contributed by atoms with Gasteiger partial charge in [0.25, 0.3) is 8.56 Å². The lowest BCUT2D eigenvalue weighted by atomic mass is 10.1. The van der Waals surface area contributed by atoms with E-state index in [0.717, 1.165) is 0 Å². The highest BCUT2D eigenvalue weighted by atomic mass is 28.4. The maximum absolute atomic E-state index is 3.05. The molecule has 0 N–H and O–H groups in total. The quantitative estimate of drug-likeness (QED) is 0.272. The highest BCUT2D eigenvalue weighted by molar-refractivity contribution is 6.72. The molecule has 0 aromatic carbocycles. The summed E-state index contributed by atoms with van der Waals surface area (Å²) in [7, 11) is 5.15. The Kier molecular flexibility index (Phi) is 13.0. The van der Waals surface area contributed by atoms with Crippen LogP contribution in [0.25, 0.3) is 0 Å². The lowest BCUT2D eigenvalue weighted by Crippen LogP contribution is -2.80. The highest BCUT2D eigenvalue weighted by Gasteiger charge is 2.52. The summed E-state index contributed by atoms with van der Waals surface area (Å²) in [5, 5.41) is 1.70. The first-order chi connectivity index (χ1) is 17.0. The zero-order valence-electron chi connectivity index (χ0n) is 24.1. The predicted octanol–water partition coefficient (Wildman–Crippen LogP) is 2.52. The molecule has 0 saturated carbocycles. The minimum atomic E-state index is -1.86. The summed E-state index contributed by atoms with van der Waals surface area (Å²) in [6.07, 6.45) is 11.0. The second-order valence-corrected chi connectivity index (χ2v) is 18.0. The number of unbranched alkanes of at least 4 members (excludes halogenated alkanes) is 5. The van der Waals surface area contributed by atoms with Crippen molar-refractivity contribution in [2.45, 2.75) is 64.5 Å². The Labute approximate surface area is 221 Å². The number of piperazine rings is 3. The average Bonchev–Trinajstić information content (AvgIpc) is 2.87. The van der Waals surface area contributed by atoms with Crippen LogP contribution in [0.5, 0.6) is 0 Å². The number of rotatable bonds is 13. The Bertz CT molecular complexity index is 554. The number of hydrogen-bond donors (Lipinski definition) is 0. The zero-order chi connectivity index (χ0) is 25.1. The van der Waals surface area contributed by atoms with Gasteiger partial charge in [-0.3, -0.25) is 13.7 Å². The summed E-state index contributed by atoms with van der Waals surface area (Å²) in [6, 6.07) is 2.97. The molecule has 0 amide bonds. The van der Waals surface area contributed by atoms with Gasteiger partial charge in [-0.25, -0.2) is 0 Å². The molecule has 0 bridgehead atoms. The van der Waals surface area contributed by atoms with Crippen molar-refractivity contribution in [3.8, 4) is 0 Å². The second kappa shape index (κ2) is 15.4. The lowest BCUT2D eigenvalue weighted by molar-refractivity contribution is 0.120. The minimum Gasteiger partial charge on any atom is -0.304 e. The van der Waals surface area contributed by atoms with Gasteiger partial charge in [0.1, 0.15) is 0 Å². The van der Waals surface area contributed by atoms with Gasteiger partial charge >= 0.3 is 0 Å². The molecule has 35 heavy (non-hydrogen) atoms. The number of nitrogens with zero attached hydrogens (tertiary/aromatic N) is 6. The summed E-state index contributed by atoms with van der Waals surface area (Å²) in [6.45, 7) is 19.6. The summed E-state index contributed by atoms with van der Waals surface area (Å²) < 4.78 is 9.16. The third-order valence-corrected chi connectivity index (χ3v) is 16.6. The van der Waals surface area contributed by atoms with Crippen molar-refractivity contribution in [2.24, 2.45) is 0 Å². The summed E-state index contributed by atoms with van der Waals surface area (Å²) in [4.78, 5) is 7.64. The largest absolute Gasteiger partial charge is 0.304 e. The van der Waals surface area contributed by atoms with Crippen molar-refractivity contribution < 1.29 is 0 Å². The smallest absolute Gasteiger partial charge is 0.289 e. The van der Waals surface area contributed by atoms with Crippen molar-refractivity contribution in [2.75, 3.05) is 99.7 Å². The molecule has 0 radical (unpaired) electrons. The molecule has 3 heterocycles. The average molecular weight is 523 g/mol. The fraction of sp³-hybridized carbons (Fsp3) is 0.926. The monoisotopic (exact) mass is 522 g/mol. The Morgan fingerprint density at radius 1 is 0.600 bits per heavy atom. The Morgan fingerprint density at radius 2 is 0.971 bits per heavy atom. The molecule has 3 saturated heterocycles. The second-order valence-electron chi connectivity index (χ2n) is 11.8. The van der Waals surface area contributed by atoms with E-state index in [1.165, 1.54) is 129 Å². The number of hydrogen-bond acceptors (Lipinski definition) is 6. The topological polar surface area (TPSA) is 19.4 Å². The van der Waals surface area contributed by atoms with Crippen molar-refractivity contribution >= 4 is 18.1 Å². The molecule has 3 fully saturated rings. The molecule has 3 aliphatic heterocycles. The van der Waals surface area contributed by atoms with Crippen molar-refractivity contribution in [3.63, 3.8) is 0 Å². The molecular weight excluding hydrogens is 465 g/mol. The van der Waals surface area contributed by atoms with Gasteiger partial charge in [-0.2, -0.15) is 0 Å². The van der Waals surface area contributed by atoms with Crippen LogP contribution in [-0.2, 0) is 0 Å². The van der Waals surface area contributed by atoms with Crippen molar-refractivity contribution in [1.29, 1.82) is 0 Å². The van der Waals surface area contributed by atoms with E-state index in [4.69, 9.17) is 0 Å². The van der Waals surface area contributed by atoms with Gasteiger partial charge in [0.15, 0.2) is 0 Å². The zero-order valence-corrected chi connectivity index (χ0v) is 26.5. The molecule has 3 rings (SSSR count). The van der Waals surface area contributed by atoms with E-state index in [-0.39, 0.29) is 9.52 Å². The first kappa shape index (κ1) is 29.5. The van der Waals surface area contributed by atoms with E-state index in [1.807, 2.05) is 0 Å². The molecule has 0 aliphatic carbocycles. The van der Waals surface area contributed by atoms with Crippen LogP contribution in [0.3, 0.4) is 0 Å². The Hall–Kier alpha value is -0.0662. The third kappa shape index (κ3) is 8.74. The van der Waals surface area contributed by atoms with Crippen LogP contribution in [-0.4, -0.2) is 146 Å². The maximum atomic E-state index is 3.05. The molecule has 0 aromatic rings. The Morgan fingerprint density at radius 3 is 1.37 bits per heavy atom. The van der Waals surface area contributed by atoms with E-state index in [0.29, 0.717) is 0 Å². The van der Waals surface area contributed by atoms with Crippen LogP contribution in [0.4, 0.5) is 0 Å². The van der Waals surface area contributed by atoms with Crippen LogP contribution < -0.4 is 0 Å². The number of likely N-dealkylation sites (N-methyl/N-ethyl adjacent to an activating group) is 3. The fourth-order valence-corrected chi connectivity index (χ4v) is 13.4. The predicted molar refractivity (Wildman–Crippen MR) is 158 cm³/mol. The molecule has 3 aliphatic rings. The molecule has 0 spiro atoms. The van der Waals surface area contributed by atoms with E-state index >= 15 is 0 Å². The summed E-state index contributed by atoms with van der Waals surface area (Å²) in [5.41, 5.74) is 0. The third-order valence-electron chi connectivity index (χ3n) is 9.11. The van der Waals surface area contributed by atoms with Gasteiger partial charge in [-0.1, -0.05) is 55.8 Å². The number of allylic oxidation sites excluding steroid dienone is 2. The molecule has 204 valence electrons. The van der Waals surface area contributed by atoms with Gasteiger partial charge < -0.3 is 14.7 Å². The van der Waals surface area contributed by atoms with Crippen LogP contribution in [0.1, 0.15) is 52.4 Å². The van der Waals surface area contributed by atoms with Gasteiger partial charge in [0.05, 0.1) is 0 Å². The van der Waals surface area contributed by atoms with Gasteiger partial charge in [-0.15, -0.1) is 0 Å². The molecule has 0 unspecified atom stereocenters. The fourth-order valence-electron chi connectivity index (χ4n) is 6.36. The SMILES string of the molecule is CC=C(C)[SiH2]CCCCCCCC[Si](N1CCN(C)CC1)(N1CCN(C)CC1)N1CCN(C)CC1. The van der Waals surface area contributed by atoms with E-state index in [2.05, 4.69) is 69.5 Å². The van der Waals surface area contributed by atoms with Crippen molar-refractivity contribution in [3.05, 3.63) is 11.3 Å². The summed E-state index contributed by atoms with van der Waals surface area (Å²) >= 11 is 0. The van der Waals surface area contributed by atoms with Crippen LogP contribution in [0.2, 0.25) is 12.1 Å². The molecule has 8 heteroatoms.